The molecule has 3 aromatic rings. The zero-order valence-corrected chi connectivity index (χ0v) is 16.7. The van der Waals surface area contributed by atoms with Crippen LogP contribution in [0.2, 0.25) is 0 Å². The van der Waals surface area contributed by atoms with Gasteiger partial charge in [-0.05, 0) is 61.4 Å². The fraction of sp³-hybridized carbons (Fsp3) is 0.136. The van der Waals surface area contributed by atoms with Crippen LogP contribution in [0.3, 0.4) is 0 Å². The molecule has 0 radical (unpaired) electrons. The van der Waals surface area contributed by atoms with Gasteiger partial charge in [-0.2, -0.15) is 0 Å². The smallest absolute Gasteiger partial charge is 0.221 e. The minimum atomic E-state index is -0.0537. The van der Waals surface area contributed by atoms with Crippen LogP contribution in [0.15, 0.2) is 86.3 Å². The van der Waals surface area contributed by atoms with Crippen LogP contribution >= 0.6 is 23.5 Å². The lowest BCUT2D eigenvalue weighted by atomic mass is 10.1. The van der Waals surface area contributed by atoms with Crippen molar-refractivity contribution >= 4 is 35.1 Å². The Hall–Kier alpha value is -2.17. The molecule has 0 atom stereocenters. The topological polar surface area (TPSA) is 29.1 Å². The van der Waals surface area contributed by atoms with E-state index in [-0.39, 0.29) is 5.91 Å². The first kappa shape index (κ1) is 18.6. The molecular weight excluding hydrogens is 358 g/mol. The minimum absolute atomic E-state index is 0.0537. The van der Waals surface area contributed by atoms with E-state index in [2.05, 4.69) is 73.8 Å². The van der Waals surface area contributed by atoms with Gasteiger partial charge in [-0.1, -0.05) is 53.9 Å². The van der Waals surface area contributed by atoms with Crippen molar-refractivity contribution in [3.05, 3.63) is 77.9 Å². The van der Waals surface area contributed by atoms with E-state index in [0.717, 1.165) is 10.6 Å². The fourth-order valence-electron chi connectivity index (χ4n) is 2.51. The molecule has 0 saturated heterocycles. The highest BCUT2D eigenvalue weighted by Gasteiger charge is 2.12. The van der Waals surface area contributed by atoms with E-state index in [1.54, 1.807) is 30.4 Å². The van der Waals surface area contributed by atoms with Crippen LogP contribution in [0, 0.1) is 13.8 Å². The molecule has 4 heteroatoms. The van der Waals surface area contributed by atoms with Crippen LogP contribution in [0.1, 0.15) is 18.1 Å². The number of aryl methyl sites for hydroxylation is 2. The first-order chi connectivity index (χ1) is 12.5. The number of carbonyl (C=O) groups is 1. The number of amides is 1. The minimum Gasteiger partial charge on any atom is -0.325 e. The summed E-state index contributed by atoms with van der Waals surface area (Å²) in [7, 11) is 0. The molecule has 0 saturated carbocycles. The fourth-order valence-corrected chi connectivity index (χ4v) is 4.63. The van der Waals surface area contributed by atoms with E-state index in [1.165, 1.54) is 25.8 Å². The first-order valence-electron chi connectivity index (χ1n) is 8.41. The Morgan fingerprint density at radius 2 is 1.35 bits per heavy atom. The second-order valence-corrected chi connectivity index (χ2v) is 8.28. The van der Waals surface area contributed by atoms with Crippen LogP contribution in [-0.2, 0) is 4.79 Å². The molecule has 1 amide bonds. The van der Waals surface area contributed by atoms with Crippen molar-refractivity contribution in [3.63, 3.8) is 0 Å². The lowest BCUT2D eigenvalue weighted by Crippen LogP contribution is -2.07. The summed E-state index contributed by atoms with van der Waals surface area (Å²) < 4.78 is 0. The van der Waals surface area contributed by atoms with Crippen molar-refractivity contribution in [1.82, 2.24) is 0 Å². The van der Waals surface area contributed by atoms with Crippen LogP contribution in [0.5, 0.6) is 0 Å². The monoisotopic (exact) mass is 379 g/mol. The van der Waals surface area contributed by atoms with Crippen molar-refractivity contribution in [1.29, 1.82) is 0 Å². The Morgan fingerprint density at radius 3 is 2.00 bits per heavy atom. The molecule has 0 aromatic heterocycles. The van der Waals surface area contributed by atoms with E-state index in [4.69, 9.17) is 0 Å². The lowest BCUT2D eigenvalue weighted by Gasteiger charge is -2.15. The van der Waals surface area contributed by atoms with Crippen molar-refractivity contribution in [3.8, 4) is 0 Å². The van der Waals surface area contributed by atoms with Gasteiger partial charge in [0.1, 0.15) is 0 Å². The average molecular weight is 380 g/mol. The van der Waals surface area contributed by atoms with E-state index in [9.17, 15) is 4.79 Å². The second-order valence-electron chi connectivity index (χ2n) is 6.08. The van der Waals surface area contributed by atoms with Gasteiger partial charge in [-0.3, -0.25) is 4.79 Å². The van der Waals surface area contributed by atoms with Crippen molar-refractivity contribution in [2.45, 2.75) is 40.4 Å². The maximum Gasteiger partial charge on any atom is 0.221 e. The van der Waals surface area contributed by atoms with Gasteiger partial charge in [0.2, 0.25) is 5.91 Å². The van der Waals surface area contributed by atoms with Crippen molar-refractivity contribution in [2.75, 3.05) is 5.32 Å². The summed E-state index contributed by atoms with van der Waals surface area (Å²) in [5.74, 6) is -0.0537. The van der Waals surface area contributed by atoms with Gasteiger partial charge in [0, 0.05) is 26.5 Å². The molecule has 0 aliphatic rings. The molecule has 132 valence electrons. The number of anilines is 1. The molecule has 0 unspecified atom stereocenters. The summed E-state index contributed by atoms with van der Waals surface area (Å²) in [5, 5.41) is 2.96. The molecule has 2 nitrogen and oxygen atoms in total. The summed E-state index contributed by atoms with van der Waals surface area (Å²) in [4.78, 5) is 16.2. The molecule has 0 heterocycles. The molecule has 0 aliphatic heterocycles. The molecule has 0 bridgehead atoms. The van der Waals surface area contributed by atoms with Gasteiger partial charge in [0.25, 0.3) is 0 Å². The quantitative estimate of drug-likeness (QED) is 0.544. The molecular formula is C22H21NOS2. The molecule has 3 aromatic carbocycles. The summed E-state index contributed by atoms with van der Waals surface area (Å²) in [6, 6.07) is 22.9. The maximum atomic E-state index is 11.6. The highest BCUT2D eigenvalue weighted by Crippen LogP contribution is 2.41. The van der Waals surface area contributed by atoms with Crippen LogP contribution in [-0.4, -0.2) is 5.91 Å². The van der Waals surface area contributed by atoms with Crippen molar-refractivity contribution < 1.29 is 4.79 Å². The number of hydrogen-bond donors (Lipinski definition) is 1. The average Bonchev–Trinajstić information content (AvgIpc) is 2.61. The SMILES string of the molecule is CC(=O)Nc1cc(C)c(C)cc1Sc1ccccc1Sc1ccccc1. The summed E-state index contributed by atoms with van der Waals surface area (Å²) in [5.41, 5.74) is 3.25. The number of carbonyl (C=O) groups excluding carboxylic acids is 1. The molecule has 26 heavy (non-hydrogen) atoms. The Morgan fingerprint density at radius 1 is 0.769 bits per heavy atom. The predicted molar refractivity (Wildman–Crippen MR) is 111 cm³/mol. The van der Waals surface area contributed by atoms with Gasteiger partial charge in [0.05, 0.1) is 5.69 Å². The third kappa shape index (κ3) is 4.71. The van der Waals surface area contributed by atoms with Crippen LogP contribution in [0.25, 0.3) is 0 Å². The molecule has 1 N–H and O–H groups in total. The normalized spacial score (nSPS) is 10.6. The number of benzene rings is 3. The first-order valence-corrected chi connectivity index (χ1v) is 10.0. The predicted octanol–water partition coefficient (Wildman–Crippen LogP) is 6.56. The standard InChI is InChI=1S/C22H21NOS2/c1-15-13-19(23-17(3)24)22(14-16(15)2)26-21-12-8-7-11-20(21)25-18-9-5-4-6-10-18/h4-14H,1-3H3,(H,23,24). The second kappa shape index (κ2) is 8.47. The van der Waals surface area contributed by atoms with Crippen molar-refractivity contribution in [2.24, 2.45) is 0 Å². The number of nitrogens with one attached hydrogen (secondary N) is 1. The Labute approximate surface area is 163 Å². The molecule has 0 fully saturated rings. The van der Waals surface area contributed by atoms with E-state index in [1.807, 2.05) is 12.1 Å². The third-order valence-electron chi connectivity index (χ3n) is 3.95. The van der Waals surface area contributed by atoms with Crippen LogP contribution < -0.4 is 5.32 Å². The van der Waals surface area contributed by atoms with Gasteiger partial charge in [-0.25, -0.2) is 0 Å². The van der Waals surface area contributed by atoms with E-state index >= 15 is 0 Å². The summed E-state index contributed by atoms with van der Waals surface area (Å²) >= 11 is 3.44. The third-order valence-corrected chi connectivity index (χ3v) is 6.29. The van der Waals surface area contributed by atoms with E-state index in [0.29, 0.717) is 0 Å². The molecule has 0 aliphatic carbocycles. The largest absolute Gasteiger partial charge is 0.325 e. The lowest BCUT2D eigenvalue weighted by molar-refractivity contribution is -0.114. The zero-order valence-electron chi connectivity index (χ0n) is 15.1. The Balaban J connectivity index is 1.94. The number of rotatable bonds is 5. The van der Waals surface area contributed by atoms with E-state index < -0.39 is 0 Å². The van der Waals surface area contributed by atoms with Gasteiger partial charge in [0.15, 0.2) is 0 Å². The highest BCUT2D eigenvalue weighted by atomic mass is 32.2. The summed E-state index contributed by atoms with van der Waals surface area (Å²) in [6.45, 7) is 5.71. The van der Waals surface area contributed by atoms with Gasteiger partial charge in [-0.15, -0.1) is 0 Å². The highest BCUT2D eigenvalue weighted by molar-refractivity contribution is 8.02. The van der Waals surface area contributed by atoms with Crippen LogP contribution in [0.4, 0.5) is 5.69 Å². The molecule has 3 rings (SSSR count). The number of hydrogen-bond acceptors (Lipinski definition) is 3. The zero-order chi connectivity index (χ0) is 18.5. The van der Waals surface area contributed by atoms with Gasteiger partial charge >= 0.3 is 0 Å². The maximum absolute atomic E-state index is 11.6. The Kier molecular flexibility index (Phi) is 6.07. The Bertz CT molecular complexity index is 923. The molecule has 0 spiro atoms. The summed E-state index contributed by atoms with van der Waals surface area (Å²) in [6.07, 6.45) is 0. The van der Waals surface area contributed by atoms with Gasteiger partial charge < -0.3 is 5.32 Å².